The summed E-state index contributed by atoms with van der Waals surface area (Å²) in [6, 6.07) is 13.8. The highest BCUT2D eigenvalue weighted by Gasteiger charge is 2.40. The average Bonchev–Trinajstić information content (AvgIpc) is 2.82. The fourth-order valence-corrected chi connectivity index (χ4v) is 3.85. The van der Waals surface area contributed by atoms with Crippen molar-refractivity contribution >= 4 is 29.6 Å². The lowest BCUT2D eigenvalue weighted by molar-refractivity contribution is -0.159. The number of carboxylic acid groups (broad SMARTS) is 1. The van der Waals surface area contributed by atoms with E-state index in [1.165, 1.54) is 11.8 Å². The minimum Gasteiger partial charge on any atom is -0.480 e. The van der Waals surface area contributed by atoms with Gasteiger partial charge in [0, 0.05) is 10.9 Å². The second-order valence-corrected chi connectivity index (χ2v) is 9.27. The maximum atomic E-state index is 13.0. The van der Waals surface area contributed by atoms with Gasteiger partial charge in [-0.25, -0.2) is 4.79 Å². The molecular formula is C25H32N2O6S. The summed E-state index contributed by atoms with van der Waals surface area (Å²) in [6.07, 6.45) is 0.176. The molecule has 2 aromatic rings. The smallest absolute Gasteiger partial charge is 0.326 e. The summed E-state index contributed by atoms with van der Waals surface area (Å²) in [5.74, 6) is -4.54. The maximum absolute atomic E-state index is 13.0. The van der Waals surface area contributed by atoms with Crippen molar-refractivity contribution < 1.29 is 29.3 Å². The van der Waals surface area contributed by atoms with Crippen LogP contribution in [0.15, 0.2) is 59.5 Å². The van der Waals surface area contributed by atoms with Crippen LogP contribution in [0.1, 0.15) is 37.4 Å². The fraction of sp³-hybridized carbons (Fsp3) is 0.400. The zero-order valence-corrected chi connectivity index (χ0v) is 20.3. The van der Waals surface area contributed by atoms with Gasteiger partial charge in [-0.15, -0.1) is 11.8 Å². The number of thioether (sulfide) groups is 1. The predicted molar refractivity (Wildman–Crippen MR) is 130 cm³/mol. The van der Waals surface area contributed by atoms with E-state index in [2.05, 4.69) is 5.32 Å². The van der Waals surface area contributed by atoms with Gasteiger partial charge < -0.3 is 26.0 Å². The van der Waals surface area contributed by atoms with Crippen LogP contribution in [0, 0.1) is 11.8 Å². The highest BCUT2D eigenvalue weighted by Crippen LogP contribution is 2.27. The average molecular weight is 489 g/mol. The summed E-state index contributed by atoms with van der Waals surface area (Å²) in [6.45, 7) is 3.57. The number of nitrogens with one attached hydrogen (secondary N) is 1. The molecule has 1 unspecified atom stereocenters. The van der Waals surface area contributed by atoms with Crippen molar-refractivity contribution in [1.82, 2.24) is 5.32 Å². The van der Waals surface area contributed by atoms with Crippen LogP contribution in [0.25, 0.3) is 0 Å². The molecule has 0 aromatic heterocycles. The fourth-order valence-electron chi connectivity index (χ4n) is 3.44. The lowest BCUT2D eigenvalue weighted by atomic mass is 9.88. The van der Waals surface area contributed by atoms with Gasteiger partial charge >= 0.3 is 11.9 Å². The third-order valence-electron chi connectivity index (χ3n) is 5.31. The first-order valence-electron chi connectivity index (χ1n) is 10.9. The molecular weight excluding hydrogens is 456 g/mol. The normalized spacial score (nSPS) is 14.6. The molecule has 5 N–H and O–H groups in total. The number of carbonyl (C=O) groups is 3. The van der Waals surface area contributed by atoms with E-state index in [0.29, 0.717) is 5.56 Å². The molecule has 0 spiro atoms. The van der Waals surface area contributed by atoms with E-state index < -0.39 is 42.0 Å². The SMILES string of the molecule is CSc1ccc(C(N)[C@@H](C(=O)OCc2ccccc2)[C@H](O)C(=O)N[C@@H](CC(C)C)C(=O)O)cc1. The number of carboxylic acids is 1. The van der Waals surface area contributed by atoms with Crippen LogP contribution in [0.3, 0.4) is 0 Å². The predicted octanol–water partition coefficient (Wildman–Crippen LogP) is 2.74. The lowest BCUT2D eigenvalue weighted by Crippen LogP contribution is -2.51. The Balaban J connectivity index is 2.26. The first kappa shape index (κ1) is 27.4. The molecule has 0 saturated carbocycles. The molecule has 2 rings (SSSR count). The molecule has 0 fully saturated rings. The topological polar surface area (TPSA) is 139 Å². The summed E-state index contributed by atoms with van der Waals surface area (Å²) in [4.78, 5) is 38.4. The van der Waals surface area contributed by atoms with Crippen LogP contribution in [0.4, 0.5) is 0 Å². The molecule has 8 nitrogen and oxygen atoms in total. The van der Waals surface area contributed by atoms with E-state index >= 15 is 0 Å². The number of aliphatic hydroxyl groups excluding tert-OH is 1. The number of hydrogen-bond donors (Lipinski definition) is 4. The molecule has 9 heteroatoms. The third kappa shape index (κ3) is 7.86. The molecule has 0 aliphatic carbocycles. The molecule has 0 aliphatic rings. The van der Waals surface area contributed by atoms with Crippen LogP contribution >= 0.6 is 11.8 Å². The number of rotatable bonds is 12. The lowest BCUT2D eigenvalue weighted by Gasteiger charge is -2.28. The zero-order chi connectivity index (χ0) is 25.3. The van der Waals surface area contributed by atoms with E-state index in [0.717, 1.165) is 10.5 Å². The molecule has 0 aliphatic heterocycles. The standard InChI is InChI=1S/C25H32N2O6S/c1-15(2)13-19(24(30)31)27-23(29)22(28)20(21(26)17-9-11-18(34-3)12-10-17)25(32)33-14-16-7-5-4-6-8-16/h4-12,15,19-22,28H,13-14,26H2,1-3H3,(H,27,29)(H,30,31)/t19-,20+,21?,22-/m0/s1. The van der Waals surface area contributed by atoms with E-state index in [-0.39, 0.29) is 18.9 Å². The summed E-state index contributed by atoms with van der Waals surface area (Å²) in [5.41, 5.74) is 7.61. The van der Waals surface area contributed by atoms with Crippen LogP contribution in [-0.2, 0) is 25.7 Å². The Kier molecular flexibility index (Phi) is 10.6. The summed E-state index contributed by atoms with van der Waals surface area (Å²) >= 11 is 1.53. The second kappa shape index (κ2) is 13.1. The van der Waals surface area contributed by atoms with Gasteiger partial charge in [0.25, 0.3) is 5.91 Å². The van der Waals surface area contributed by atoms with E-state index in [4.69, 9.17) is 10.5 Å². The molecule has 4 atom stereocenters. The zero-order valence-electron chi connectivity index (χ0n) is 19.5. The number of amides is 1. The van der Waals surface area contributed by atoms with Crippen LogP contribution in [-0.4, -0.2) is 46.5 Å². The summed E-state index contributed by atoms with van der Waals surface area (Å²) < 4.78 is 5.39. The molecule has 0 heterocycles. The number of aliphatic hydroxyl groups is 1. The highest BCUT2D eigenvalue weighted by molar-refractivity contribution is 7.98. The monoisotopic (exact) mass is 488 g/mol. The summed E-state index contributed by atoms with van der Waals surface area (Å²) in [7, 11) is 0. The molecule has 0 radical (unpaired) electrons. The second-order valence-electron chi connectivity index (χ2n) is 8.39. The van der Waals surface area contributed by atoms with E-state index in [1.807, 2.05) is 38.3 Å². The number of benzene rings is 2. The molecule has 2 aromatic carbocycles. The summed E-state index contributed by atoms with van der Waals surface area (Å²) in [5, 5.41) is 22.6. The first-order valence-corrected chi connectivity index (χ1v) is 12.2. The quantitative estimate of drug-likeness (QED) is 0.264. The van der Waals surface area contributed by atoms with Gasteiger partial charge in [-0.2, -0.15) is 0 Å². The Bertz CT molecular complexity index is 952. The number of ether oxygens (including phenoxy) is 1. The van der Waals surface area contributed by atoms with Gasteiger partial charge in [0.1, 0.15) is 24.7 Å². The van der Waals surface area contributed by atoms with Crippen LogP contribution in [0.5, 0.6) is 0 Å². The third-order valence-corrected chi connectivity index (χ3v) is 6.06. The first-order chi connectivity index (χ1) is 16.1. The molecule has 34 heavy (non-hydrogen) atoms. The van der Waals surface area contributed by atoms with E-state index in [1.54, 1.807) is 36.4 Å². The molecule has 0 saturated heterocycles. The highest BCUT2D eigenvalue weighted by atomic mass is 32.2. The Labute approximate surface area is 203 Å². The van der Waals surface area contributed by atoms with Gasteiger partial charge in [0.15, 0.2) is 0 Å². The van der Waals surface area contributed by atoms with Gasteiger partial charge in [-0.1, -0.05) is 56.3 Å². The van der Waals surface area contributed by atoms with Crippen molar-refractivity contribution in [2.24, 2.45) is 17.6 Å². The van der Waals surface area contributed by atoms with Gasteiger partial charge in [-0.05, 0) is 41.9 Å². The Morgan fingerprint density at radius 2 is 1.68 bits per heavy atom. The van der Waals surface area contributed by atoms with Crippen molar-refractivity contribution in [1.29, 1.82) is 0 Å². The minimum absolute atomic E-state index is 0.0117. The van der Waals surface area contributed by atoms with Crippen molar-refractivity contribution in [3.8, 4) is 0 Å². The maximum Gasteiger partial charge on any atom is 0.326 e. The van der Waals surface area contributed by atoms with Gasteiger partial charge in [0.05, 0.1) is 0 Å². The van der Waals surface area contributed by atoms with Gasteiger partial charge in [-0.3, -0.25) is 9.59 Å². The van der Waals surface area contributed by atoms with E-state index in [9.17, 15) is 24.6 Å². The molecule has 1 amide bonds. The number of aliphatic carboxylic acids is 1. The van der Waals surface area contributed by atoms with Gasteiger partial charge in [0.2, 0.25) is 0 Å². The van der Waals surface area contributed by atoms with Crippen molar-refractivity contribution in [3.63, 3.8) is 0 Å². The number of hydrogen-bond acceptors (Lipinski definition) is 7. The molecule has 184 valence electrons. The van der Waals surface area contributed by atoms with Crippen molar-refractivity contribution in [3.05, 3.63) is 65.7 Å². The van der Waals surface area contributed by atoms with Crippen LogP contribution in [0.2, 0.25) is 0 Å². The minimum atomic E-state index is -1.91. The number of esters is 1. The molecule has 0 bridgehead atoms. The Morgan fingerprint density at radius 1 is 1.06 bits per heavy atom. The van der Waals surface area contributed by atoms with Crippen molar-refractivity contribution in [2.45, 2.75) is 50.0 Å². The Morgan fingerprint density at radius 3 is 2.21 bits per heavy atom. The largest absolute Gasteiger partial charge is 0.480 e. The number of carbonyl (C=O) groups excluding carboxylic acids is 2. The number of nitrogens with two attached hydrogens (primary N) is 1. The Hall–Kier alpha value is -2.88. The van der Waals surface area contributed by atoms with Crippen molar-refractivity contribution in [2.75, 3.05) is 6.26 Å². The van der Waals surface area contributed by atoms with Crippen LogP contribution < -0.4 is 11.1 Å².